The Morgan fingerprint density at radius 1 is 0.882 bits per heavy atom. The second-order valence-electron chi connectivity index (χ2n) is 9.86. The fourth-order valence-electron chi connectivity index (χ4n) is 6.24. The smallest absolute Gasteiger partial charge is 0.236 e. The van der Waals surface area contributed by atoms with Crippen LogP contribution in [-0.2, 0) is 22.4 Å². The molecule has 2 amide bonds. The van der Waals surface area contributed by atoms with E-state index in [1.807, 2.05) is 58.3 Å². The minimum atomic E-state index is -0.486. The Labute approximate surface area is 200 Å². The molecule has 2 aliphatic heterocycles. The van der Waals surface area contributed by atoms with Crippen LogP contribution in [0.4, 0.5) is 5.69 Å². The maximum Gasteiger partial charge on any atom is 0.236 e. The summed E-state index contributed by atoms with van der Waals surface area (Å²) in [6.45, 7) is 1.27. The molecule has 2 fully saturated rings. The first-order valence-corrected chi connectivity index (χ1v) is 12.3. The number of carbonyl (C=O) groups excluding carboxylic acids is 2. The van der Waals surface area contributed by atoms with Crippen LogP contribution in [0.15, 0.2) is 79.0 Å². The van der Waals surface area contributed by atoms with Gasteiger partial charge in [-0.2, -0.15) is 0 Å². The molecule has 0 radical (unpaired) electrons. The van der Waals surface area contributed by atoms with Crippen molar-refractivity contribution in [1.29, 1.82) is 0 Å². The van der Waals surface area contributed by atoms with E-state index in [1.54, 1.807) is 6.20 Å². The molecular formula is C29H29N3O2. The minimum Gasteiger partial charge on any atom is -0.342 e. The summed E-state index contributed by atoms with van der Waals surface area (Å²) >= 11 is 0. The number of aromatic nitrogens is 1. The predicted octanol–water partition coefficient (Wildman–Crippen LogP) is 4.58. The largest absolute Gasteiger partial charge is 0.342 e. The van der Waals surface area contributed by atoms with E-state index in [2.05, 4.69) is 29.2 Å². The molecule has 1 aromatic heterocycles. The third-order valence-corrected chi connectivity index (χ3v) is 8.09. The predicted molar refractivity (Wildman–Crippen MR) is 131 cm³/mol. The summed E-state index contributed by atoms with van der Waals surface area (Å²) in [5, 5.41) is 0. The Morgan fingerprint density at radius 2 is 1.59 bits per heavy atom. The summed E-state index contributed by atoms with van der Waals surface area (Å²) in [6, 6.07) is 24.2. The standard InChI is InChI=1S/C29H29N3O2/c33-27(23-14-13-21-8-4-5-9-22(21)20-23)31-18-15-29(16-19-31)26(25-12-6-7-17-30-25)32(28(29)34)24-10-2-1-3-11-24/h1-12,17,23,26H,13-16,18-20H2. The molecule has 172 valence electrons. The molecule has 0 saturated carbocycles. The van der Waals surface area contributed by atoms with Gasteiger partial charge in [0.05, 0.1) is 17.2 Å². The Hall–Kier alpha value is -3.47. The highest BCUT2D eigenvalue weighted by Crippen LogP contribution is 2.57. The number of piperidine rings is 1. The zero-order valence-electron chi connectivity index (χ0n) is 19.3. The van der Waals surface area contributed by atoms with Gasteiger partial charge in [0.25, 0.3) is 0 Å². The van der Waals surface area contributed by atoms with Crippen LogP contribution in [0.3, 0.4) is 0 Å². The Morgan fingerprint density at radius 3 is 2.32 bits per heavy atom. The molecule has 3 aliphatic rings. The van der Waals surface area contributed by atoms with Crippen molar-refractivity contribution in [2.24, 2.45) is 11.3 Å². The van der Waals surface area contributed by atoms with Crippen LogP contribution in [0.1, 0.15) is 42.1 Å². The van der Waals surface area contributed by atoms with Gasteiger partial charge in [-0.05, 0) is 67.5 Å². The first-order valence-electron chi connectivity index (χ1n) is 12.3. The number of pyridine rings is 1. The summed E-state index contributed by atoms with van der Waals surface area (Å²) in [5.41, 5.74) is 4.04. The second-order valence-corrected chi connectivity index (χ2v) is 9.86. The van der Waals surface area contributed by atoms with Crippen LogP contribution < -0.4 is 4.90 Å². The fraction of sp³-hybridized carbons (Fsp3) is 0.345. The van der Waals surface area contributed by atoms with Gasteiger partial charge >= 0.3 is 0 Å². The minimum absolute atomic E-state index is 0.0495. The van der Waals surface area contributed by atoms with E-state index in [0.29, 0.717) is 25.9 Å². The molecule has 3 aromatic rings. The molecule has 2 saturated heterocycles. The number of para-hydroxylation sites is 1. The van der Waals surface area contributed by atoms with E-state index in [-0.39, 0.29) is 23.8 Å². The summed E-state index contributed by atoms with van der Waals surface area (Å²) in [4.78, 5) is 35.6. The monoisotopic (exact) mass is 451 g/mol. The van der Waals surface area contributed by atoms with Crippen LogP contribution in [0.5, 0.6) is 0 Å². The van der Waals surface area contributed by atoms with Gasteiger partial charge < -0.3 is 9.80 Å². The van der Waals surface area contributed by atoms with Crippen LogP contribution in [0, 0.1) is 11.3 Å². The van der Waals surface area contributed by atoms with Crippen LogP contribution in [0.2, 0.25) is 0 Å². The number of benzene rings is 2. The molecule has 1 spiro atoms. The fourth-order valence-corrected chi connectivity index (χ4v) is 6.24. The lowest BCUT2D eigenvalue weighted by Gasteiger charge is -2.58. The van der Waals surface area contributed by atoms with Gasteiger partial charge in [0.2, 0.25) is 11.8 Å². The SMILES string of the molecule is O=C(C1CCc2ccccc2C1)N1CCC2(CC1)C(=O)N(c1ccccc1)C2c1ccccn1. The number of anilines is 1. The lowest BCUT2D eigenvalue weighted by Crippen LogP contribution is -2.67. The van der Waals surface area contributed by atoms with E-state index >= 15 is 0 Å². The van der Waals surface area contributed by atoms with Gasteiger partial charge in [0, 0.05) is 30.9 Å². The highest BCUT2D eigenvalue weighted by atomic mass is 16.2. The number of amides is 2. The quantitative estimate of drug-likeness (QED) is 0.548. The first-order chi connectivity index (χ1) is 16.7. The van der Waals surface area contributed by atoms with Crippen molar-refractivity contribution in [3.05, 3.63) is 95.8 Å². The number of likely N-dealkylation sites (tertiary alicyclic amines) is 1. The van der Waals surface area contributed by atoms with Gasteiger partial charge in [0.1, 0.15) is 0 Å². The normalized spacial score (nSPS) is 23.4. The summed E-state index contributed by atoms with van der Waals surface area (Å²) < 4.78 is 0. The molecule has 2 atom stereocenters. The van der Waals surface area contributed by atoms with Crippen molar-refractivity contribution in [2.45, 2.75) is 38.1 Å². The average Bonchev–Trinajstić information content (AvgIpc) is 2.91. The Kier molecular flexibility index (Phi) is 5.20. The van der Waals surface area contributed by atoms with E-state index in [1.165, 1.54) is 11.1 Å². The number of rotatable bonds is 3. The van der Waals surface area contributed by atoms with Crippen molar-refractivity contribution >= 4 is 17.5 Å². The molecule has 5 nitrogen and oxygen atoms in total. The summed E-state index contributed by atoms with van der Waals surface area (Å²) in [7, 11) is 0. The van der Waals surface area contributed by atoms with Crippen LogP contribution >= 0.6 is 0 Å². The molecular weight excluding hydrogens is 422 g/mol. The lowest BCUT2D eigenvalue weighted by atomic mass is 9.63. The molecule has 2 aromatic carbocycles. The Bertz CT molecular complexity index is 1200. The second kappa shape index (κ2) is 8.39. The highest BCUT2D eigenvalue weighted by Gasteiger charge is 2.62. The number of fused-ring (bicyclic) bond motifs is 1. The van der Waals surface area contributed by atoms with Crippen molar-refractivity contribution in [3.8, 4) is 0 Å². The zero-order valence-corrected chi connectivity index (χ0v) is 19.3. The molecule has 6 rings (SSSR count). The molecule has 2 unspecified atom stereocenters. The Balaban J connectivity index is 1.21. The van der Waals surface area contributed by atoms with Crippen molar-refractivity contribution in [1.82, 2.24) is 9.88 Å². The topological polar surface area (TPSA) is 53.5 Å². The van der Waals surface area contributed by atoms with Crippen molar-refractivity contribution in [3.63, 3.8) is 0 Å². The first kappa shape index (κ1) is 21.1. The van der Waals surface area contributed by atoms with Crippen LogP contribution in [-0.4, -0.2) is 34.8 Å². The summed E-state index contributed by atoms with van der Waals surface area (Å²) in [6.07, 6.45) is 5.88. The maximum atomic E-state index is 13.6. The third kappa shape index (κ3) is 3.33. The molecule has 1 aliphatic carbocycles. The maximum absolute atomic E-state index is 13.6. The van der Waals surface area contributed by atoms with Gasteiger partial charge in [0.15, 0.2) is 0 Å². The average molecular weight is 452 g/mol. The number of β-lactam (4-membered cyclic amide) rings is 1. The van der Waals surface area contributed by atoms with Gasteiger partial charge in [-0.3, -0.25) is 14.6 Å². The van der Waals surface area contributed by atoms with Gasteiger partial charge in [-0.1, -0.05) is 48.5 Å². The molecule has 0 N–H and O–H groups in total. The molecule has 5 heteroatoms. The molecule has 3 heterocycles. The number of hydrogen-bond acceptors (Lipinski definition) is 3. The molecule has 34 heavy (non-hydrogen) atoms. The van der Waals surface area contributed by atoms with Crippen LogP contribution in [0.25, 0.3) is 0 Å². The van der Waals surface area contributed by atoms with Crippen molar-refractivity contribution in [2.75, 3.05) is 18.0 Å². The van der Waals surface area contributed by atoms with Gasteiger partial charge in [-0.25, -0.2) is 0 Å². The van der Waals surface area contributed by atoms with E-state index < -0.39 is 5.41 Å². The zero-order chi connectivity index (χ0) is 23.1. The number of carbonyl (C=O) groups is 2. The number of hydrogen-bond donors (Lipinski definition) is 0. The van der Waals surface area contributed by atoms with Crippen molar-refractivity contribution < 1.29 is 9.59 Å². The number of aryl methyl sites for hydroxylation is 1. The number of nitrogens with zero attached hydrogens (tertiary/aromatic N) is 3. The van der Waals surface area contributed by atoms with Gasteiger partial charge in [-0.15, -0.1) is 0 Å². The van der Waals surface area contributed by atoms with E-state index in [4.69, 9.17) is 0 Å². The highest BCUT2D eigenvalue weighted by molar-refractivity contribution is 6.06. The van der Waals surface area contributed by atoms with E-state index in [0.717, 1.165) is 30.6 Å². The lowest BCUT2D eigenvalue weighted by molar-refractivity contribution is -0.151. The third-order valence-electron chi connectivity index (χ3n) is 8.09. The summed E-state index contributed by atoms with van der Waals surface area (Å²) in [5.74, 6) is 0.465. The molecule has 0 bridgehead atoms. The van der Waals surface area contributed by atoms with E-state index in [9.17, 15) is 9.59 Å².